The second-order valence-corrected chi connectivity index (χ2v) is 6.95. The Hall–Kier alpha value is -1.17. The van der Waals surface area contributed by atoms with E-state index in [1.807, 2.05) is 28.7 Å². The Morgan fingerprint density at radius 3 is 2.90 bits per heavy atom. The van der Waals surface area contributed by atoms with Crippen LogP contribution in [0, 0.1) is 0 Å². The average Bonchev–Trinajstić information content (AvgIpc) is 2.95. The Bertz CT molecular complexity index is 460. The van der Waals surface area contributed by atoms with Crippen LogP contribution < -0.4 is 10.6 Å². The normalized spacial score (nSPS) is 22.3. The van der Waals surface area contributed by atoms with E-state index in [2.05, 4.69) is 35.8 Å². The molecule has 0 aromatic carbocycles. The van der Waals surface area contributed by atoms with Crippen molar-refractivity contribution in [2.45, 2.75) is 63.4 Å². The first-order chi connectivity index (χ1) is 10.1. The molecular weight excluding hydrogens is 284 g/mol. The van der Waals surface area contributed by atoms with Crippen molar-refractivity contribution in [1.29, 1.82) is 0 Å². The third kappa shape index (κ3) is 4.66. The molecular formula is C15H26N4OS. The lowest BCUT2D eigenvalue weighted by atomic mass is 9.95. The van der Waals surface area contributed by atoms with E-state index in [4.69, 9.17) is 0 Å². The van der Waals surface area contributed by atoms with Gasteiger partial charge in [0.15, 0.2) is 0 Å². The summed E-state index contributed by atoms with van der Waals surface area (Å²) in [4.78, 5) is 12.0. The van der Waals surface area contributed by atoms with Crippen LogP contribution in [-0.4, -0.2) is 33.4 Å². The molecule has 5 nitrogen and oxygen atoms in total. The highest BCUT2D eigenvalue weighted by molar-refractivity contribution is 7.99. The van der Waals surface area contributed by atoms with Crippen molar-refractivity contribution in [3.05, 3.63) is 18.0 Å². The lowest BCUT2D eigenvalue weighted by Gasteiger charge is -2.30. The van der Waals surface area contributed by atoms with Gasteiger partial charge in [-0.15, -0.1) is 0 Å². The maximum atomic E-state index is 12.0. The summed E-state index contributed by atoms with van der Waals surface area (Å²) in [5.41, 5.74) is 0.893. The summed E-state index contributed by atoms with van der Waals surface area (Å²) in [6.07, 6.45) is 8.84. The lowest BCUT2D eigenvalue weighted by molar-refractivity contribution is 0.233. The van der Waals surface area contributed by atoms with Gasteiger partial charge in [0.25, 0.3) is 0 Å². The van der Waals surface area contributed by atoms with Crippen LogP contribution in [0.1, 0.15) is 51.3 Å². The highest BCUT2D eigenvalue weighted by Crippen LogP contribution is 2.26. The summed E-state index contributed by atoms with van der Waals surface area (Å²) in [7, 11) is 0. The van der Waals surface area contributed by atoms with Crippen LogP contribution in [0.15, 0.2) is 12.3 Å². The van der Waals surface area contributed by atoms with Gasteiger partial charge in [-0.3, -0.25) is 4.68 Å². The molecule has 1 aromatic heterocycles. The van der Waals surface area contributed by atoms with Crippen molar-refractivity contribution < 1.29 is 4.79 Å². The highest BCUT2D eigenvalue weighted by atomic mass is 32.2. The van der Waals surface area contributed by atoms with E-state index in [1.54, 1.807) is 0 Å². The number of hydrogen-bond donors (Lipinski definition) is 2. The Kier molecular flexibility index (Phi) is 5.96. The molecule has 1 fully saturated rings. The van der Waals surface area contributed by atoms with Gasteiger partial charge in [-0.2, -0.15) is 16.9 Å². The minimum atomic E-state index is -0.0833. The molecule has 1 heterocycles. The summed E-state index contributed by atoms with van der Waals surface area (Å²) in [5.74, 6) is 0. The smallest absolute Gasteiger partial charge is 0.315 e. The Balaban J connectivity index is 1.78. The van der Waals surface area contributed by atoms with Crippen molar-refractivity contribution in [2.75, 3.05) is 6.26 Å². The summed E-state index contributed by atoms with van der Waals surface area (Å²) >= 11 is 1.86. The van der Waals surface area contributed by atoms with E-state index in [9.17, 15) is 4.79 Å². The van der Waals surface area contributed by atoms with E-state index < -0.39 is 0 Å². The first kappa shape index (κ1) is 16.2. The number of carbonyl (C=O) groups excluding carboxylic acids is 1. The van der Waals surface area contributed by atoms with Crippen LogP contribution in [-0.2, 0) is 6.54 Å². The number of urea groups is 1. The average molecular weight is 310 g/mol. The molecule has 1 aliphatic rings. The van der Waals surface area contributed by atoms with E-state index >= 15 is 0 Å². The summed E-state index contributed by atoms with van der Waals surface area (Å²) < 4.78 is 1.90. The quantitative estimate of drug-likeness (QED) is 0.879. The fourth-order valence-electron chi connectivity index (χ4n) is 2.69. The monoisotopic (exact) mass is 310 g/mol. The molecule has 1 saturated carbocycles. The number of amides is 2. The molecule has 0 aliphatic heterocycles. The van der Waals surface area contributed by atoms with Gasteiger partial charge < -0.3 is 10.6 Å². The van der Waals surface area contributed by atoms with Crippen LogP contribution in [0.3, 0.4) is 0 Å². The second kappa shape index (κ2) is 7.73. The fourth-order valence-corrected chi connectivity index (χ4v) is 3.63. The van der Waals surface area contributed by atoms with E-state index in [1.165, 1.54) is 19.3 Å². The molecule has 2 rings (SSSR count). The first-order valence-electron chi connectivity index (χ1n) is 7.71. The number of nitrogens with zero attached hydrogens (tertiary/aromatic N) is 2. The summed E-state index contributed by atoms with van der Waals surface area (Å²) in [6.45, 7) is 4.65. The van der Waals surface area contributed by atoms with Crippen LogP contribution in [0.4, 0.5) is 4.79 Å². The van der Waals surface area contributed by atoms with Gasteiger partial charge in [-0.1, -0.05) is 12.8 Å². The molecule has 6 heteroatoms. The van der Waals surface area contributed by atoms with Crippen LogP contribution in [0.2, 0.25) is 0 Å². The second-order valence-electron chi connectivity index (χ2n) is 5.87. The minimum Gasteiger partial charge on any atom is -0.334 e. The van der Waals surface area contributed by atoms with Gasteiger partial charge in [0.1, 0.15) is 0 Å². The molecule has 1 aliphatic carbocycles. The van der Waals surface area contributed by atoms with Gasteiger partial charge in [0.05, 0.1) is 12.2 Å². The fraction of sp³-hybridized carbons (Fsp3) is 0.733. The van der Waals surface area contributed by atoms with Gasteiger partial charge in [0.2, 0.25) is 0 Å². The molecule has 0 radical (unpaired) electrons. The molecule has 2 amide bonds. The number of aromatic nitrogens is 2. The van der Waals surface area contributed by atoms with Crippen LogP contribution in [0.5, 0.6) is 0 Å². The van der Waals surface area contributed by atoms with Gasteiger partial charge in [0, 0.05) is 23.5 Å². The molecule has 2 unspecified atom stereocenters. The van der Waals surface area contributed by atoms with E-state index in [0.717, 1.165) is 12.1 Å². The van der Waals surface area contributed by atoms with E-state index in [0.29, 0.717) is 23.9 Å². The standard InChI is InChI=1S/C15H26N4OS/c1-11(2)19-9-8-12(18-19)10-16-15(20)17-13-6-4-5-7-14(13)21-3/h8-9,11,13-14H,4-7,10H2,1-3H3,(H2,16,17,20). The molecule has 0 saturated heterocycles. The largest absolute Gasteiger partial charge is 0.334 e. The Morgan fingerprint density at radius 2 is 2.24 bits per heavy atom. The molecule has 21 heavy (non-hydrogen) atoms. The number of rotatable bonds is 5. The maximum Gasteiger partial charge on any atom is 0.315 e. The maximum absolute atomic E-state index is 12.0. The predicted molar refractivity (Wildman–Crippen MR) is 87.5 cm³/mol. The third-order valence-corrected chi connectivity index (χ3v) is 5.11. The van der Waals surface area contributed by atoms with Crippen molar-refractivity contribution in [3.8, 4) is 0 Å². The number of carbonyl (C=O) groups is 1. The molecule has 118 valence electrons. The SMILES string of the molecule is CSC1CCCCC1NC(=O)NCc1ccn(C(C)C)n1. The molecule has 0 bridgehead atoms. The Labute approximate surface area is 131 Å². The Morgan fingerprint density at radius 1 is 1.48 bits per heavy atom. The summed E-state index contributed by atoms with van der Waals surface area (Å²) in [5, 5.41) is 11.0. The zero-order valence-electron chi connectivity index (χ0n) is 13.1. The number of nitrogens with one attached hydrogen (secondary N) is 2. The molecule has 2 N–H and O–H groups in total. The van der Waals surface area contributed by atoms with Crippen molar-refractivity contribution in [2.24, 2.45) is 0 Å². The van der Waals surface area contributed by atoms with Crippen LogP contribution in [0.25, 0.3) is 0 Å². The van der Waals surface area contributed by atoms with Crippen molar-refractivity contribution in [1.82, 2.24) is 20.4 Å². The highest BCUT2D eigenvalue weighted by Gasteiger charge is 2.25. The zero-order chi connectivity index (χ0) is 15.2. The van der Waals surface area contributed by atoms with Crippen molar-refractivity contribution >= 4 is 17.8 Å². The van der Waals surface area contributed by atoms with Gasteiger partial charge in [-0.05, 0) is 39.0 Å². The molecule has 0 spiro atoms. The first-order valence-corrected chi connectivity index (χ1v) is 9.00. The van der Waals surface area contributed by atoms with E-state index in [-0.39, 0.29) is 6.03 Å². The third-order valence-electron chi connectivity index (χ3n) is 3.94. The van der Waals surface area contributed by atoms with Gasteiger partial charge >= 0.3 is 6.03 Å². The summed E-state index contributed by atoms with van der Waals surface area (Å²) in [6, 6.07) is 2.50. The predicted octanol–water partition coefficient (Wildman–Crippen LogP) is 2.94. The number of hydrogen-bond acceptors (Lipinski definition) is 3. The van der Waals surface area contributed by atoms with Gasteiger partial charge in [-0.25, -0.2) is 4.79 Å². The minimum absolute atomic E-state index is 0.0833. The van der Waals surface area contributed by atoms with Crippen LogP contribution >= 0.6 is 11.8 Å². The lowest BCUT2D eigenvalue weighted by Crippen LogP contribution is -2.47. The topological polar surface area (TPSA) is 59.0 Å². The zero-order valence-corrected chi connectivity index (χ0v) is 13.9. The molecule has 1 aromatic rings. The van der Waals surface area contributed by atoms with Crippen molar-refractivity contribution in [3.63, 3.8) is 0 Å². The molecule has 2 atom stereocenters. The number of thioether (sulfide) groups is 1.